The highest BCUT2D eigenvalue weighted by Crippen LogP contribution is 2.50. The second-order valence-electron chi connectivity index (χ2n) is 11.6. The van der Waals surface area contributed by atoms with Crippen molar-refractivity contribution in [2.75, 3.05) is 6.16 Å². The fourth-order valence-corrected chi connectivity index (χ4v) is 6.10. The van der Waals surface area contributed by atoms with Crippen molar-refractivity contribution in [2.24, 2.45) is 11.8 Å². The highest BCUT2D eigenvalue weighted by atomic mass is 31.2. The Hall–Kier alpha value is -4.55. The van der Waals surface area contributed by atoms with Crippen LogP contribution in [0.2, 0.25) is 0 Å². The normalized spacial score (nSPS) is 14.8. The maximum atomic E-state index is 13.6. The quantitative estimate of drug-likeness (QED) is 0.0490. The van der Waals surface area contributed by atoms with E-state index in [1.807, 2.05) is 48.5 Å². The van der Waals surface area contributed by atoms with Gasteiger partial charge in [0.05, 0.1) is 18.0 Å². The van der Waals surface area contributed by atoms with Crippen LogP contribution in [0, 0.1) is 11.8 Å². The van der Waals surface area contributed by atoms with E-state index in [1.54, 1.807) is 50.2 Å². The molecule has 2 amide bonds. The van der Waals surface area contributed by atoms with Crippen LogP contribution in [0.3, 0.4) is 0 Å². The number of amides is 2. The summed E-state index contributed by atoms with van der Waals surface area (Å²) in [5, 5.41) is 14.5. The Morgan fingerprint density at radius 1 is 0.735 bits per heavy atom. The zero-order valence-electron chi connectivity index (χ0n) is 28.1. The molecule has 5 atom stereocenters. The fourth-order valence-electron chi connectivity index (χ4n) is 4.54. The van der Waals surface area contributed by atoms with Crippen LogP contribution in [0.4, 0.5) is 4.79 Å². The van der Waals surface area contributed by atoms with Gasteiger partial charge in [-0.1, -0.05) is 98.8 Å². The summed E-state index contributed by atoms with van der Waals surface area (Å²) in [4.78, 5) is 50.3. The largest absolute Gasteiger partial charge is 0.459 e. The van der Waals surface area contributed by atoms with Crippen molar-refractivity contribution in [1.82, 2.24) is 10.6 Å². The van der Waals surface area contributed by atoms with Crippen LogP contribution in [-0.2, 0) is 55.4 Å². The van der Waals surface area contributed by atoms with Gasteiger partial charge in [0.1, 0.15) is 18.9 Å². The van der Waals surface area contributed by atoms with Crippen LogP contribution in [0.25, 0.3) is 11.1 Å². The molecular weight excluding hydrogens is 655 g/mol. The zero-order chi connectivity index (χ0) is 36.0. The molecule has 3 aromatic rings. The Morgan fingerprint density at radius 3 is 1.92 bits per heavy atom. The van der Waals surface area contributed by atoms with Crippen LogP contribution in [-0.4, -0.2) is 53.9 Å². The summed E-state index contributed by atoms with van der Waals surface area (Å²) in [5.41, 5.74) is 3.38. The number of alkyl carbamates (subject to hydrolysis) is 1. The average Bonchev–Trinajstić information content (AvgIpc) is 3.07. The van der Waals surface area contributed by atoms with Gasteiger partial charge in [-0.25, -0.2) is 14.8 Å². The molecular formula is C35H43N2O11P. The number of ether oxygens (including phenoxy) is 3. The first-order valence-corrected chi connectivity index (χ1v) is 17.4. The maximum absolute atomic E-state index is 13.6. The Morgan fingerprint density at radius 2 is 1.33 bits per heavy atom. The van der Waals surface area contributed by atoms with Gasteiger partial charge in [0.25, 0.3) is 0 Å². The van der Waals surface area contributed by atoms with Gasteiger partial charge in [-0.3, -0.25) is 24.0 Å². The lowest BCUT2D eigenvalue weighted by Crippen LogP contribution is -2.44. The minimum absolute atomic E-state index is 0.00469. The van der Waals surface area contributed by atoms with E-state index in [4.69, 9.17) is 18.7 Å². The van der Waals surface area contributed by atoms with Gasteiger partial charge in [-0.05, 0) is 42.5 Å². The molecule has 0 spiro atoms. The summed E-state index contributed by atoms with van der Waals surface area (Å²) in [5.74, 6) is -3.54. The van der Waals surface area contributed by atoms with Gasteiger partial charge in [0.2, 0.25) is 12.2 Å². The molecule has 14 heteroatoms. The van der Waals surface area contributed by atoms with Crippen molar-refractivity contribution in [3.63, 3.8) is 0 Å². The molecule has 0 saturated carbocycles. The van der Waals surface area contributed by atoms with E-state index in [0.29, 0.717) is 5.56 Å². The highest BCUT2D eigenvalue weighted by molar-refractivity contribution is 7.53. The molecule has 0 aliphatic heterocycles. The predicted octanol–water partition coefficient (Wildman–Crippen LogP) is 6.08. The van der Waals surface area contributed by atoms with E-state index in [1.165, 1.54) is 20.8 Å². The van der Waals surface area contributed by atoms with Crippen LogP contribution >= 0.6 is 7.60 Å². The summed E-state index contributed by atoms with van der Waals surface area (Å²) in [6, 6.07) is 25.0. The summed E-state index contributed by atoms with van der Waals surface area (Å²) in [6.07, 6.45) is -4.27. The minimum Gasteiger partial charge on any atom is -0.459 e. The third-order valence-electron chi connectivity index (χ3n) is 7.08. The first-order valence-electron chi connectivity index (χ1n) is 15.7. The Bertz CT molecular complexity index is 1570. The van der Waals surface area contributed by atoms with Gasteiger partial charge < -0.3 is 19.5 Å². The lowest BCUT2D eigenvalue weighted by Gasteiger charge is -2.25. The number of esters is 2. The first-order chi connectivity index (χ1) is 23.3. The Kier molecular flexibility index (Phi) is 15.0. The SMILES string of the molecule is CC(NC(=O)OC(C)OC(=O)C(C)C)OP(=O)(CC(Cc1ccc(-c2ccccc2)cc1)C(=O)NC(C)C(=O)OCc1ccccc1)OO. The molecule has 3 N–H and O–H groups in total. The molecule has 0 saturated heterocycles. The van der Waals surface area contributed by atoms with Gasteiger partial charge >= 0.3 is 25.6 Å². The van der Waals surface area contributed by atoms with Crippen molar-refractivity contribution < 1.29 is 52.4 Å². The molecule has 0 bridgehead atoms. The number of carbonyl (C=O) groups excluding carboxylic acids is 4. The van der Waals surface area contributed by atoms with E-state index < -0.39 is 68.1 Å². The summed E-state index contributed by atoms with van der Waals surface area (Å²) < 4.78 is 38.6. The summed E-state index contributed by atoms with van der Waals surface area (Å²) >= 11 is 0. The van der Waals surface area contributed by atoms with Crippen LogP contribution in [0.5, 0.6) is 0 Å². The van der Waals surface area contributed by atoms with Gasteiger partial charge in [-0.15, -0.1) is 0 Å². The van der Waals surface area contributed by atoms with Crippen molar-refractivity contribution in [1.29, 1.82) is 0 Å². The standard InChI is InChI=1S/C35H43N2O11P/c1-23(2)33(39)45-26(5)46-35(41)37-25(4)47-49(43,48-42)22-31(20-27-16-18-30(19-17-27)29-14-10-7-11-15-29)32(38)36-24(3)34(40)44-21-28-12-8-6-9-13-28/h6-19,23-26,31,42H,20-22H2,1-5H3,(H,36,38)(H,37,41). The number of benzene rings is 3. The molecule has 0 aromatic heterocycles. The van der Waals surface area contributed by atoms with Crippen LogP contribution in [0.1, 0.15) is 45.7 Å². The number of nitrogens with one attached hydrogen (secondary N) is 2. The van der Waals surface area contributed by atoms with Gasteiger partial charge in [0.15, 0.2) is 0 Å². The van der Waals surface area contributed by atoms with Crippen molar-refractivity contribution in [3.8, 4) is 11.1 Å². The van der Waals surface area contributed by atoms with Crippen molar-refractivity contribution in [3.05, 3.63) is 96.1 Å². The molecule has 0 aliphatic carbocycles. The van der Waals surface area contributed by atoms with E-state index in [-0.39, 0.29) is 13.0 Å². The van der Waals surface area contributed by atoms with Crippen LogP contribution < -0.4 is 10.6 Å². The van der Waals surface area contributed by atoms with Crippen molar-refractivity contribution >= 4 is 31.5 Å². The summed E-state index contributed by atoms with van der Waals surface area (Å²) in [6.45, 7) is 7.31. The van der Waals surface area contributed by atoms with Gasteiger partial charge in [-0.2, -0.15) is 4.67 Å². The molecule has 0 heterocycles. The monoisotopic (exact) mass is 698 g/mol. The van der Waals surface area contributed by atoms with E-state index in [0.717, 1.165) is 16.7 Å². The molecule has 5 unspecified atom stereocenters. The van der Waals surface area contributed by atoms with Crippen LogP contribution in [0.15, 0.2) is 84.9 Å². The second kappa shape index (κ2) is 18.8. The molecule has 49 heavy (non-hydrogen) atoms. The summed E-state index contributed by atoms with van der Waals surface area (Å²) in [7, 11) is -4.48. The average molecular weight is 699 g/mol. The zero-order valence-corrected chi connectivity index (χ0v) is 29.0. The topological polar surface area (TPSA) is 176 Å². The Balaban J connectivity index is 1.71. The molecule has 3 aromatic carbocycles. The lowest BCUT2D eigenvalue weighted by molar-refractivity contribution is -0.169. The highest BCUT2D eigenvalue weighted by Gasteiger charge is 2.37. The second-order valence-corrected chi connectivity index (χ2v) is 13.6. The van der Waals surface area contributed by atoms with E-state index in [2.05, 4.69) is 15.3 Å². The number of rotatable bonds is 17. The first kappa shape index (κ1) is 38.9. The predicted molar refractivity (Wildman–Crippen MR) is 180 cm³/mol. The third kappa shape index (κ3) is 13.1. The number of carbonyl (C=O) groups is 4. The van der Waals surface area contributed by atoms with E-state index in [9.17, 15) is 29.0 Å². The smallest absolute Gasteiger partial charge is 0.412 e. The third-order valence-corrected chi connectivity index (χ3v) is 8.86. The maximum Gasteiger partial charge on any atom is 0.412 e. The molecule has 0 fully saturated rings. The van der Waals surface area contributed by atoms with Gasteiger partial charge in [0, 0.05) is 6.92 Å². The van der Waals surface area contributed by atoms with Crippen molar-refractivity contribution in [2.45, 2.75) is 66.2 Å². The molecule has 3 rings (SSSR count). The van der Waals surface area contributed by atoms with E-state index >= 15 is 0 Å². The Labute approximate surface area is 285 Å². The molecule has 0 aliphatic rings. The number of hydrogen-bond donors (Lipinski definition) is 3. The number of hydrogen-bond acceptors (Lipinski definition) is 11. The fraction of sp³-hybridized carbons (Fsp3) is 0.371. The lowest BCUT2D eigenvalue weighted by atomic mass is 9.97. The minimum atomic E-state index is -4.48. The molecule has 0 radical (unpaired) electrons. The molecule has 13 nitrogen and oxygen atoms in total. The molecule has 264 valence electrons.